The summed E-state index contributed by atoms with van der Waals surface area (Å²) in [5, 5.41) is 14.0. The van der Waals surface area contributed by atoms with Crippen molar-refractivity contribution in [3.8, 4) is 0 Å². The van der Waals surface area contributed by atoms with E-state index < -0.39 is 20.0 Å². The van der Waals surface area contributed by atoms with Crippen LogP contribution in [0.25, 0.3) is 0 Å². The number of aliphatic hydroxyl groups excluding tert-OH is 1. The summed E-state index contributed by atoms with van der Waals surface area (Å²) in [6, 6.07) is -0.754. The Morgan fingerprint density at radius 3 is 1.08 bits per heavy atom. The molecule has 0 bridgehead atoms. The summed E-state index contributed by atoms with van der Waals surface area (Å²) in [6.45, 7) is 4.93. The number of carbonyl (C=O) groups excluding carboxylic acids is 1. The second kappa shape index (κ2) is 45.6. The Bertz CT molecular complexity index is 978. The Morgan fingerprint density at radius 2 is 0.774 bits per heavy atom. The number of rotatable bonds is 51. The van der Waals surface area contributed by atoms with Crippen molar-refractivity contribution >= 4 is 13.7 Å². The van der Waals surface area contributed by atoms with Gasteiger partial charge in [-0.05, 0) is 12.8 Å². The quantitative estimate of drug-likeness (QED) is 0.0319. The molecule has 0 aromatic heterocycles. The van der Waals surface area contributed by atoms with E-state index in [2.05, 4.69) is 19.2 Å². The van der Waals surface area contributed by atoms with Crippen LogP contribution < -0.4 is 5.32 Å². The molecule has 3 unspecified atom stereocenters. The topological polar surface area (TPSA) is 105 Å². The molecule has 0 aromatic rings. The third kappa shape index (κ3) is 47.5. The second-order valence-electron chi connectivity index (χ2n) is 20.3. The first-order valence-corrected chi connectivity index (χ1v) is 28.9. The van der Waals surface area contributed by atoms with Gasteiger partial charge in [-0.3, -0.25) is 13.8 Å². The van der Waals surface area contributed by atoms with Crippen molar-refractivity contribution in [1.82, 2.24) is 5.32 Å². The van der Waals surface area contributed by atoms with Crippen LogP contribution in [-0.2, 0) is 18.4 Å². The Hall–Kier alpha value is -0.500. The predicted molar refractivity (Wildman–Crippen MR) is 268 cm³/mol. The zero-order valence-corrected chi connectivity index (χ0v) is 43.3. The van der Waals surface area contributed by atoms with Gasteiger partial charge in [0.15, 0.2) is 0 Å². The minimum atomic E-state index is -4.31. The maximum Gasteiger partial charge on any atom is 0.472 e. The maximum absolute atomic E-state index is 13.0. The van der Waals surface area contributed by atoms with Crippen LogP contribution in [0, 0.1) is 0 Å². The first-order valence-electron chi connectivity index (χ1n) is 27.4. The number of hydrogen-bond acceptors (Lipinski definition) is 5. The van der Waals surface area contributed by atoms with E-state index in [1.165, 1.54) is 218 Å². The summed E-state index contributed by atoms with van der Waals surface area (Å²) in [6.07, 6.45) is 53.0. The molecule has 0 aliphatic heterocycles. The van der Waals surface area contributed by atoms with Crippen LogP contribution in [0.15, 0.2) is 0 Å². The van der Waals surface area contributed by atoms with Gasteiger partial charge in [0.05, 0.1) is 39.9 Å². The number of nitrogens with one attached hydrogen (secondary N) is 1. The normalized spacial score (nSPS) is 14.0. The summed E-state index contributed by atoms with van der Waals surface area (Å²) in [5.41, 5.74) is 0. The number of unbranched alkanes of at least 4 members (excludes halogenated alkanes) is 38. The van der Waals surface area contributed by atoms with Gasteiger partial charge in [-0.2, -0.15) is 0 Å². The van der Waals surface area contributed by atoms with Gasteiger partial charge in [0, 0.05) is 6.42 Å². The van der Waals surface area contributed by atoms with E-state index in [1.807, 2.05) is 21.1 Å². The number of nitrogens with zero attached hydrogens (tertiary/aromatic N) is 1. The first-order chi connectivity index (χ1) is 30.0. The molecule has 3 N–H and O–H groups in total. The average molecular weight is 902 g/mol. The summed E-state index contributed by atoms with van der Waals surface area (Å²) >= 11 is 0. The molecule has 8 nitrogen and oxygen atoms in total. The van der Waals surface area contributed by atoms with E-state index in [4.69, 9.17) is 9.05 Å². The van der Waals surface area contributed by atoms with Crippen molar-refractivity contribution in [2.45, 2.75) is 296 Å². The minimum absolute atomic E-state index is 0.0789. The number of aliphatic hydroxyl groups is 1. The molecule has 0 fully saturated rings. The monoisotopic (exact) mass is 902 g/mol. The summed E-state index contributed by atoms with van der Waals surface area (Å²) in [5.74, 6) is -0.137. The summed E-state index contributed by atoms with van der Waals surface area (Å²) in [4.78, 5) is 23.3. The van der Waals surface area contributed by atoms with Crippen molar-refractivity contribution < 1.29 is 32.9 Å². The third-order valence-corrected chi connectivity index (χ3v) is 13.8. The van der Waals surface area contributed by atoms with Crippen molar-refractivity contribution in [3.05, 3.63) is 0 Å². The molecule has 0 saturated carbocycles. The number of hydrogen-bond donors (Lipinski definition) is 3. The lowest BCUT2D eigenvalue weighted by atomic mass is 10.0. The fourth-order valence-corrected chi connectivity index (χ4v) is 9.26. The Morgan fingerprint density at radius 1 is 0.484 bits per heavy atom. The Balaban J connectivity index is 4.07. The highest BCUT2D eigenvalue weighted by molar-refractivity contribution is 7.47. The first kappa shape index (κ1) is 61.5. The summed E-state index contributed by atoms with van der Waals surface area (Å²) < 4.78 is 23.7. The lowest BCUT2D eigenvalue weighted by molar-refractivity contribution is -0.870. The number of amides is 1. The van der Waals surface area contributed by atoms with Gasteiger partial charge >= 0.3 is 7.82 Å². The highest BCUT2D eigenvalue weighted by Crippen LogP contribution is 2.43. The lowest BCUT2D eigenvalue weighted by Crippen LogP contribution is -2.46. The van der Waals surface area contributed by atoms with E-state index in [0.29, 0.717) is 23.9 Å². The fourth-order valence-electron chi connectivity index (χ4n) is 8.52. The number of likely N-dealkylation sites (N-methyl/N-ethyl adjacent to an activating group) is 1. The molecule has 0 saturated heterocycles. The molecule has 0 rings (SSSR count). The zero-order chi connectivity index (χ0) is 45.7. The largest absolute Gasteiger partial charge is 0.472 e. The molecule has 62 heavy (non-hydrogen) atoms. The molecule has 9 heteroatoms. The van der Waals surface area contributed by atoms with E-state index >= 15 is 0 Å². The van der Waals surface area contributed by atoms with E-state index in [1.54, 1.807) is 0 Å². The maximum atomic E-state index is 13.0. The molecular weight excluding hydrogens is 792 g/mol. The van der Waals surface area contributed by atoms with Gasteiger partial charge in [0.2, 0.25) is 5.91 Å². The molecule has 372 valence electrons. The number of phosphoric acid groups is 1. The average Bonchev–Trinajstić information content (AvgIpc) is 3.23. The van der Waals surface area contributed by atoms with Crippen LogP contribution in [0.5, 0.6) is 0 Å². The molecule has 0 aromatic carbocycles. The van der Waals surface area contributed by atoms with Gasteiger partial charge in [-0.15, -0.1) is 0 Å². The van der Waals surface area contributed by atoms with Gasteiger partial charge in [-0.1, -0.05) is 264 Å². The van der Waals surface area contributed by atoms with Crippen LogP contribution in [0.2, 0.25) is 0 Å². The fraction of sp³-hybridized carbons (Fsp3) is 0.981. The van der Waals surface area contributed by atoms with Crippen LogP contribution in [0.1, 0.15) is 284 Å². The van der Waals surface area contributed by atoms with Crippen LogP contribution in [0.3, 0.4) is 0 Å². The van der Waals surface area contributed by atoms with Gasteiger partial charge in [0.25, 0.3) is 0 Å². The van der Waals surface area contributed by atoms with Gasteiger partial charge < -0.3 is 19.8 Å². The molecular formula is C53H110N2O6P+. The molecule has 0 aliphatic carbocycles. The molecule has 0 spiro atoms. The smallest absolute Gasteiger partial charge is 0.391 e. The van der Waals surface area contributed by atoms with Crippen molar-refractivity contribution in [1.29, 1.82) is 0 Å². The van der Waals surface area contributed by atoms with Crippen molar-refractivity contribution in [3.63, 3.8) is 0 Å². The van der Waals surface area contributed by atoms with Crippen LogP contribution in [0.4, 0.5) is 0 Å². The van der Waals surface area contributed by atoms with Gasteiger partial charge in [0.1, 0.15) is 13.2 Å². The van der Waals surface area contributed by atoms with E-state index in [0.717, 1.165) is 38.5 Å². The van der Waals surface area contributed by atoms with E-state index in [9.17, 15) is 19.4 Å². The second-order valence-corrected chi connectivity index (χ2v) is 21.8. The minimum Gasteiger partial charge on any atom is -0.391 e. The molecule has 0 aliphatic rings. The highest BCUT2D eigenvalue weighted by Gasteiger charge is 2.28. The van der Waals surface area contributed by atoms with Crippen LogP contribution in [-0.4, -0.2) is 73.4 Å². The molecule has 1 amide bonds. The lowest BCUT2D eigenvalue weighted by Gasteiger charge is -2.26. The third-order valence-electron chi connectivity index (χ3n) is 12.9. The molecule has 3 atom stereocenters. The standard InChI is InChI=1S/C53H109N2O6P/c1-6-8-10-12-14-16-18-20-22-23-24-25-26-27-28-29-30-31-32-33-35-37-39-41-43-45-47-53(57)54-51(50-61-62(58,59)60-49-48-55(3,4)5)52(56)46-44-42-40-38-36-34-21-19-17-15-13-11-9-7-2/h51-52,56H,6-50H2,1-5H3,(H-,54,57,58,59)/p+1. The summed E-state index contributed by atoms with van der Waals surface area (Å²) in [7, 11) is 1.63. The number of carbonyl (C=O) groups is 1. The van der Waals surface area contributed by atoms with Crippen molar-refractivity contribution in [2.24, 2.45) is 0 Å². The van der Waals surface area contributed by atoms with Crippen molar-refractivity contribution in [2.75, 3.05) is 40.9 Å². The van der Waals surface area contributed by atoms with Crippen LogP contribution >= 0.6 is 7.82 Å². The van der Waals surface area contributed by atoms with Gasteiger partial charge in [-0.25, -0.2) is 4.57 Å². The SMILES string of the molecule is CCCCCCCCCCCCCCCCCCCCCCCCCCCCC(=O)NC(COP(=O)(O)OCC[N+](C)(C)C)C(O)CCCCCCCCCCCCCCCC. The zero-order valence-electron chi connectivity index (χ0n) is 42.4. The Labute approximate surface area is 387 Å². The molecule has 0 heterocycles. The molecule has 0 radical (unpaired) electrons. The predicted octanol–water partition coefficient (Wildman–Crippen LogP) is 16.1. The van der Waals surface area contributed by atoms with E-state index in [-0.39, 0.29) is 19.1 Å². The number of quaternary nitrogens is 1. The Kier molecular flexibility index (Phi) is 45.3. The number of phosphoric ester groups is 1. The highest BCUT2D eigenvalue weighted by atomic mass is 31.2.